The monoisotopic (exact) mass is 462 g/mol. The van der Waals surface area contributed by atoms with Gasteiger partial charge in [-0.25, -0.2) is 9.59 Å². The second kappa shape index (κ2) is 8.78. The van der Waals surface area contributed by atoms with Gasteiger partial charge in [0.1, 0.15) is 12.1 Å². The summed E-state index contributed by atoms with van der Waals surface area (Å²) in [7, 11) is 0. The minimum Gasteiger partial charge on any atom is -0.479 e. The normalized spacial score (nSPS) is 23.3. The molecule has 2 aliphatic carbocycles. The molecule has 3 aliphatic rings. The lowest BCUT2D eigenvalue weighted by molar-refractivity contribution is -0.154. The Labute approximate surface area is 199 Å². The molecule has 2 aromatic carbocycles. The number of carbonyl (C=O) groups excluding carboxylic acids is 2. The first-order chi connectivity index (χ1) is 16.5. The molecule has 1 saturated heterocycles. The molecule has 0 bridgehead atoms. The lowest BCUT2D eigenvalue weighted by Crippen LogP contribution is -2.52. The number of benzene rings is 2. The van der Waals surface area contributed by atoms with Crippen molar-refractivity contribution < 1.29 is 24.2 Å². The Morgan fingerprint density at radius 2 is 1.76 bits per heavy atom. The van der Waals surface area contributed by atoms with Gasteiger partial charge < -0.3 is 20.1 Å². The summed E-state index contributed by atoms with van der Waals surface area (Å²) in [4.78, 5) is 39.1. The maximum absolute atomic E-state index is 13.0. The molecule has 0 spiro atoms. The number of carbonyl (C=O) groups is 3. The van der Waals surface area contributed by atoms with Crippen LogP contribution >= 0.6 is 0 Å². The number of piperidine rings is 1. The zero-order valence-corrected chi connectivity index (χ0v) is 19.3. The average molecular weight is 463 g/mol. The van der Waals surface area contributed by atoms with Crippen LogP contribution in [-0.2, 0) is 14.3 Å². The predicted molar refractivity (Wildman–Crippen MR) is 126 cm³/mol. The van der Waals surface area contributed by atoms with Crippen LogP contribution in [0.5, 0.6) is 0 Å². The highest BCUT2D eigenvalue weighted by atomic mass is 16.5. The molecule has 2 aromatic rings. The van der Waals surface area contributed by atoms with Crippen LogP contribution in [0.15, 0.2) is 48.5 Å². The summed E-state index contributed by atoms with van der Waals surface area (Å²) in [5.41, 5.74) is 3.58. The third kappa shape index (κ3) is 3.73. The summed E-state index contributed by atoms with van der Waals surface area (Å²) >= 11 is 0. The Morgan fingerprint density at radius 3 is 2.38 bits per heavy atom. The summed E-state index contributed by atoms with van der Waals surface area (Å²) in [5, 5.41) is 12.5. The van der Waals surface area contributed by atoms with Crippen LogP contribution < -0.4 is 5.32 Å². The van der Waals surface area contributed by atoms with Gasteiger partial charge in [-0.1, -0.05) is 55.5 Å². The van der Waals surface area contributed by atoms with E-state index in [0.717, 1.165) is 35.1 Å². The third-order valence-corrected chi connectivity index (χ3v) is 7.74. The minimum absolute atomic E-state index is 0.0320. The summed E-state index contributed by atoms with van der Waals surface area (Å²) in [5.74, 6) is -1.10. The molecule has 7 nitrogen and oxygen atoms in total. The van der Waals surface area contributed by atoms with Crippen LogP contribution in [0, 0.1) is 5.92 Å². The van der Waals surface area contributed by atoms with E-state index in [9.17, 15) is 19.5 Å². The van der Waals surface area contributed by atoms with Crippen LogP contribution in [0.25, 0.3) is 11.1 Å². The van der Waals surface area contributed by atoms with E-state index >= 15 is 0 Å². The van der Waals surface area contributed by atoms with E-state index in [2.05, 4.69) is 29.6 Å². The van der Waals surface area contributed by atoms with E-state index in [0.29, 0.717) is 19.4 Å². The molecule has 2 amide bonds. The molecule has 34 heavy (non-hydrogen) atoms. The van der Waals surface area contributed by atoms with E-state index in [1.807, 2.05) is 31.2 Å². The Hall–Kier alpha value is -3.35. The van der Waals surface area contributed by atoms with Crippen molar-refractivity contribution in [2.24, 2.45) is 5.92 Å². The molecule has 1 saturated carbocycles. The van der Waals surface area contributed by atoms with Crippen LogP contribution in [0.4, 0.5) is 4.79 Å². The number of nitrogens with one attached hydrogen (secondary N) is 1. The number of carboxylic acid groups (broad SMARTS) is 1. The van der Waals surface area contributed by atoms with Crippen LogP contribution in [0.1, 0.15) is 56.1 Å². The highest BCUT2D eigenvalue weighted by Gasteiger charge is 2.66. The quantitative estimate of drug-likeness (QED) is 0.644. The second-order valence-electron chi connectivity index (χ2n) is 9.60. The van der Waals surface area contributed by atoms with Gasteiger partial charge in [-0.15, -0.1) is 0 Å². The zero-order chi connectivity index (χ0) is 23.9. The lowest BCUT2D eigenvalue weighted by Gasteiger charge is -2.34. The molecule has 3 atom stereocenters. The molecule has 7 heteroatoms. The molecule has 2 fully saturated rings. The van der Waals surface area contributed by atoms with E-state index in [4.69, 9.17) is 4.74 Å². The smallest absolute Gasteiger partial charge is 0.407 e. The number of alkyl carbamates (subject to hydrolysis) is 1. The van der Waals surface area contributed by atoms with Gasteiger partial charge in [-0.05, 0) is 53.9 Å². The largest absolute Gasteiger partial charge is 0.479 e. The van der Waals surface area contributed by atoms with Crippen molar-refractivity contribution in [2.45, 2.75) is 56.5 Å². The Bertz CT molecular complexity index is 1090. The van der Waals surface area contributed by atoms with Crippen molar-refractivity contribution in [1.82, 2.24) is 10.2 Å². The summed E-state index contributed by atoms with van der Waals surface area (Å²) in [6.45, 7) is 2.56. The predicted octanol–water partition coefficient (Wildman–Crippen LogP) is 4.16. The Balaban J connectivity index is 1.20. The molecule has 178 valence electrons. The van der Waals surface area contributed by atoms with Crippen LogP contribution in [0.3, 0.4) is 0 Å². The minimum atomic E-state index is -1.03. The highest BCUT2D eigenvalue weighted by molar-refractivity contribution is 5.91. The number of aliphatic carboxylic acids is 1. The first kappa shape index (κ1) is 22.4. The van der Waals surface area contributed by atoms with Gasteiger partial charge in [0.2, 0.25) is 5.91 Å². The number of hydrogen-bond acceptors (Lipinski definition) is 4. The number of carboxylic acids is 1. The third-order valence-electron chi connectivity index (χ3n) is 7.74. The topological polar surface area (TPSA) is 95.9 Å². The SMILES string of the molecule is CC[C@@H](CC(=O)N1CCC[C@H]2C[C@]21C(=O)O)NC(=O)OCC1c2ccccc2-c2ccccc21. The number of ether oxygens (including phenoxy) is 1. The average Bonchev–Trinajstić information content (AvgIpc) is 3.53. The fourth-order valence-corrected chi connectivity index (χ4v) is 5.83. The molecular formula is C27H30N2O5. The standard InChI is InChI=1S/C27H30N2O5/c1-2-18(14-24(30)29-13-7-8-17-15-27(17,29)25(31)32)28-26(33)34-16-23-21-11-5-3-9-19(21)20-10-4-6-12-22(20)23/h3-6,9-12,17-18,23H,2,7-8,13-16H2,1H3,(H,28,33)(H,31,32)/t17-,18-,27+/m0/s1. The van der Waals surface area contributed by atoms with Gasteiger partial charge in [-0.2, -0.15) is 0 Å². The van der Waals surface area contributed by atoms with Gasteiger partial charge >= 0.3 is 12.1 Å². The van der Waals surface area contributed by atoms with Crippen molar-refractivity contribution in [3.63, 3.8) is 0 Å². The lowest BCUT2D eigenvalue weighted by atomic mass is 9.98. The van der Waals surface area contributed by atoms with Crippen molar-refractivity contribution >= 4 is 18.0 Å². The summed E-state index contributed by atoms with van der Waals surface area (Å²) < 4.78 is 5.62. The second-order valence-corrected chi connectivity index (χ2v) is 9.60. The van der Waals surface area contributed by atoms with Crippen molar-refractivity contribution in [3.8, 4) is 11.1 Å². The van der Waals surface area contributed by atoms with Crippen molar-refractivity contribution in [3.05, 3.63) is 59.7 Å². The molecule has 2 N–H and O–H groups in total. The fraction of sp³-hybridized carbons (Fsp3) is 0.444. The maximum Gasteiger partial charge on any atom is 0.407 e. The Kier molecular flexibility index (Phi) is 5.80. The molecule has 1 heterocycles. The van der Waals surface area contributed by atoms with Gasteiger partial charge in [0, 0.05) is 24.9 Å². The molecule has 0 unspecified atom stereocenters. The van der Waals surface area contributed by atoms with Crippen molar-refractivity contribution in [1.29, 1.82) is 0 Å². The number of rotatable bonds is 7. The Morgan fingerprint density at radius 1 is 1.12 bits per heavy atom. The van der Waals surface area contributed by atoms with Crippen LogP contribution in [0.2, 0.25) is 0 Å². The molecule has 1 aliphatic heterocycles. The van der Waals surface area contributed by atoms with E-state index in [1.54, 1.807) is 0 Å². The van der Waals surface area contributed by atoms with Gasteiger partial charge in [0.05, 0.1) is 0 Å². The van der Waals surface area contributed by atoms with Gasteiger partial charge in [-0.3, -0.25) is 4.79 Å². The molecular weight excluding hydrogens is 432 g/mol. The first-order valence-electron chi connectivity index (χ1n) is 12.1. The van der Waals surface area contributed by atoms with E-state index in [1.165, 1.54) is 4.90 Å². The van der Waals surface area contributed by atoms with Gasteiger partial charge in [0.25, 0.3) is 0 Å². The van der Waals surface area contributed by atoms with Gasteiger partial charge in [0.15, 0.2) is 0 Å². The first-order valence-corrected chi connectivity index (χ1v) is 12.1. The molecule has 5 rings (SSSR count). The molecule has 0 radical (unpaired) electrons. The molecule has 0 aromatic heterocycles. The fourth-order valence-electron chi connectivity index (χ4n) is 5.83. The van der Waals surface area contributed by atoms with E-state index < -0.39 is 23.6 Å². The number of nitrogens with zero attached hydrogens (tertiary/aromatic N) is 1. The van der Waals surface area contributed by atoms with Crippen molar-refractivity contribution in [2.75, 3.05) is 13.2 Å². The highest BCUT2D eigenvalue weighted by Crippen LogP contribution is 2.54. The van der Waals surface area contributed by atoms with Crippen LogP contribution in [-0.4, -0.2) is 52.7 Å². The maximum atomic E-state index is 13.0. The number of amides is 2. The summed E-state index contributed by atoms with van der Waals surface area (Å²) in [6, 6.07) is 15.9. The number of fused-ring (bicyclic) bond motifs is 4. The van der Waals surface area contributed by atoms with E-state index in [-0.39, 0.29) is 30.8 Å². The summed E-state index contributed by atoms with van der Waals surface area (Å²) in [6.07, 6.45) is 2.27. The zero-order valence-electron chi connectivity index (χ0n) is 19.3. The number of likely N-dealkylation sites (tertiary alicyclic amines) is 1. The number of hydrogen-bond donors (Lipinski definition) is 2.